The topological polar surface area (TPSA) is 20.3 Å². The third-order valence-electron chi connectivity index (χ3n) is 0.964. The van der Waals surface area contributed by atoms with Gasteiger partial charge in [0.1, 0.15) is 0 Å². The molecule has 0 bridgehead atoms. The van der Waals surface area contributed by atoms with Crippen molar-refractivity contribution in [1.82, 2.24) is 4.90 Å². The molecule has 0 N–H and O–H groups in total. The van der Waals surface area contributed by atoms with E-state index in [1.165, 1.54) is 0 Å². The van der Waals surface area contributed by atoms with E-state index in [0.717, 1.165) is 0 Å². The average molecular weight is 145 g/mol. The molecule has 0 atom stereocenters. The highest BCUT2D eigenvalue weighted by atomic mass is 32.1. The van der Waals surface area contributed by atoms with Crippen molar-refractivity contribution < 1.29 is 4.79 Å². The van der Waals surface area contributed by atoms with Crippen LogP contribution in [0.5, 0.6) is 0 Å². The highest BCUT2D eigenvalue weighted by molar-refractivity contribution is 7.81. The van der Waals surface area contributed by atoms with Crippen LogP contribution in [0.3, 0.4) is 0 Å². The highest BCUT2D eigenvalue weighted by Crippen LogP contribution is 1.86. The van der Waals surface area contributed by atoms with E-state index in [-0.39, 0.29) is 11.7 Å². The van der Waals surface area contributed by atoms with Crippen LogP contribution in [-0.2, 0) is 4.79 Å². The fourth-order valence-corrected chi connectivity index (χ4v) is 0.658. The Kier molecular flexibility index (Phi) is 4.22. The number of hydrogen-bond donors (Lipinski definition) is 1. The van der Waals surface area contributed by atoms with Gasteiger partial charge < -0.3 is 4.90 Å². The molecular formula is C6H11NOS. The van der Waals surface area contributed by atoms with E-state index in [1.807, 2.05) is 0 Å². The number of carbonyl (C=O) groups is 1. The Morgan fingerprint density at radius 2 is 2.44 bits per heavy atom. The van der Waals surface area contributed by atoms with Crippen molar-refractivity contribution in [2.45, 2.75) is 0 Å². The first-order valence-electron chi connectivity index (χ1n) is 2.68. The van der Waals surface area contributed by atoms with E-state index in [9.17, 15) is 4.79 Å². The van der Waals surface area contributed by atoms with E-state index in [2.05, 4.69) is 19.2 Å². The summed E-state index contributed by atoms with van der Waals surface area (Å²) in [7, 11) is 1.72. The Morgan fingerprint density at radius 3 is 2.78 bits per heavy atom. The van der Waals surface area contributed by atoms with Crippen LogP contribution in [0.4, 0.5) is 0 Å². The number of likely N-dealkylation sites (N-methyl/N-ethyl adjacent to an activating group) is 1. The fourth-order valence-electron chi connectivity index (χ4n) is 0.416. The van der Waals surface area contributed by atoms with Crippen molar-refractivity contribution >= 4 is 18.5 Å². The predicted octanol–water partition coefficient (Wildman–Crippen LogP) is 0.561. The molecule has 3 heteroatoms. The monoisotopic (exact) mass is 145 g/mol. The summed E-state index contributed by atoms with van der Waals surface area (Å²) in [6.07, 6.45) is 1.68. The lowest BCUT2D eigenvalue weighted by molar-refractivity contribution is -0.126. The lowest BCUT2D eigenvalue weighted by atomic mass is 10.5. The van der Waals surface area contributed by atoms with E-state index < -0.39 is 0 Å². The molecule has 9 heavy (non-hydrogen) atoms. The Balaban J connectivity index is 3.58. The molecular weight excluding hydrogens is 134 g/mol. The molecule has 0 heterocycles. The van der Waals surface area contributed by atoms with Crippen LogP contribution in [0.1, 0.15) is 0 Å². The normalized spacial score (nSPS) is 8.67. The summed E-state index contributed by atoms with van der Waals surface area (Å²) >= 11 is 3.82. The van der Waals surface area contributed by atoms with E-state index in [1.54, 1.807) is 18.0 Å². The second-order valence-electron chi connectivity index (χ2n) is 1.72. The Morgan fingerprint density at radius 1 is 1.89 bits per heavy atom. The van der Waals surface area contributed by atoms with Crippen LogP contribution in [-0.4, -0.2) is 30.2 Å². The van der Waals surface area contributed by atoms with Gasteiger partial charge in [-0.3, -0.25) is 4.79 Å². The van der Waals surface area contributed by atoms with Crippen molar-refractivity contribution in [1.29, 1.82) is 0 Å². The predicted molar refractivity (Wildman–Crippen MR) is 41.7 cm³/mol. The Hall–Kier alpha value is -0.440. The summed E-state index contributed by atoms with van der Waals surface area (Å²) < 4.78 is 0. The van der Waals surface area contributed by atoms with E-state index in [0.29, 0.717) is 6.54 Å². The van der Waals surface area contributed by atoms with Crippen LogP contribution in [0, 0.1) is 0 Å². The van der Waals surface area contributed by atoms with Crippen molar-refractivity contribution in [2.24, 2.45) is 0 Å². The largest absolute Gasteiger partial charge is 0.341 e. The first-order valence-corrected chi connectivity index (χ1v) is 3.31. The molecule has 0 radical (unpaired) electrons. The zero-order valence-electron chi connectivity index (χ0n) is 5.50. The van der Waals surface area contributed by atoms with Gasteiger partial charge in [0.2, 0.25) is 5.91 Å². The molecule has 0 saturated heterocycles. The van der Waals surface area contributed by atoms with Gasteiger partial charge in [-0.1, -0.05) is 6.08 Å². The average Bonchev–Trinajstić information content (AvgIpc) is 1.87. The molecule has 2 nitrogen and oxygen atoms in total. The first-order chi connectivity index (χ1) is 4.22. The molecule has 0 aromatic heterocycles. The molecule has 0 aliphatic heterocycles. The third-order valence-corrected chi connectivity index (χ3v) is 1.23. The Labute approximate surface area is 61.0 Å². The van der Waals surface area contributed by atoms with Crippen LogP contribution < -0.4 is 0 Å². The molecule has 0 saturated carbocycles. The molecule has 0 aliphatic carbocycles. The maximum absolute atomic E-state index is 10.7. The summed E-state index contributed by atoms with van der Waals surface area (Å²) in [5.74, 6) is 0.294. The molecule has 1 amide bonds. The van der Waals surface area contributed by atoms with Gasteiger partial charge in [0.25, 0.3) is 0 Å². The van der Waals surface area contributed by atoms with Crippen molar-refractivity contribution in [2.75, 3.05) is 19.3 Å². The smallest absolute Gasteiger partial charge is 0.232 e. The summed E-state index contributed by atoms with van der Waals surface area (Å²) in [6.45, 7) is 4.10. The SMILES string of the molecule is C=CCN(C)C(=O)CS. The van der Waals surface area contributed by atoms with Gasteiger partial charge >= 0.3 is 0 Å². The van der Waals surface area contributed by atoms with Gasteiger partial charge in [0.05, 0.1) is 5.75 Å². The lowest BCUT2D eigenvalue weighted by Gasteiger charge is -2.11. The molecule has 0 aliphatic rings. The summed E-state index contributed by atoms with van der Waals surface area (Å²) in [4.78, 5) is 12.3. The summed E-state index contributed by atoms with van der Waals surface area (Å²) in [5.41, 5.74) is 0. The minimum Gasteiger partial charge on any atom is -0.341 e. The number of carbonyl (C=O) groups excluding carboxylic acids is 1. The maximum atomic E-state index is 10.7. The molecule has 0 rings (SSSR count). The maximum Gasteiger partial charge on any atom is 0.232 e. The van der Waals surface area contributed by atoms with E-state index in [4.69, 9.17) is 0 Å². The number of nitrogens with zero attached hydrogens (tertiary/aromatic N) is 1. The first kappa shape index (κ1) is 8.56. The minimum absolute atomic E-state index is 0.0261. The zero-order chi connectivity index (χ0) is 7.28. The van der Waals surface area contributed by atoms with Crippen LogP contribution in [0.2, 0.25) is 0 Å². The molecule has 52 valence electrons. The molecule has 0 spiro atoms. The zero-order valence-corrected chi connectivity index (χ0v) is 6.40. The summed E-state index contributed by atoms with van der Waals surface area (Å²) in [6, 6.07) is 0. The van der Waals surface area contributed by atoms with E-state index >= 15 is 0 Å². The molecule has 0 aromatic carbocycles. The van der Waals surface area contributed by atoms with Gasteiger partial charge in [-0.25, -0.2) is 0 Å². The number of rotatable bonds is 3. The second-order valence-corrected chi connectivity index (χ2v) is 2.04. The standard InChI is InChI=1S/C6H11NOS/c1-3-4-7(2)6(8)5-9/h3,9H,1,4-5H2,2H3. The second kappa shape index (κ2) is 4.44. The minimum atomic E-state index is 0.0261. The lowest BCUT2D eigenvalue weighted by Crippen LogP contribution is -2.27. The molecule has 0 unspecified atom stereocenters. The van der Waals surface area contributed by atoms with Gasteiger partial charge in [-0.05, 0) is 0 Å². The highest BCUT2D eigenvalue weighted by Gasteiger charge is 2.01. The molecule has 0 fully saturated rings. The van der Waals surface area contributed by atoms with Crippen LogP contribution >= 0.6 is 12.6 Å². The van der Waals surface area contributed by atoms with Crippen molar-refractivity contribution in [3.63, 3.8) is 0 Å². The molecule has 0 aromatic rings. The Bertz CT molecular complexity index is 114. The number of amides is 1. The van der Waals surface area contributed by atoms with Gasteiger partial charge in [-0.2, -0.15) is 12.6 Å². The quantitative estimate of drug-likeness (QED) is 0.454. The van der Waals surface area contributed by atoms with Crippen LogP contribution in [0.15, 0.2) is 12.7 Å². The third kappa shape index (κ3) is 3.19. The van der Waals surface area contributed by atoms with Crippen LogP contribution in [0.25, 0.3) is 0 Å². The van der Waals surface area contributed by atoms with Gasteiger partial charge in [-0.15, -0.1) is 6.58 Å². The number of hydrogen-bond acceptors (Lipinski definition) is 2. The van der Waals surface area contributed by atoms with Gasteiger partial charge in [0.15, 0.2) is 0 Å². The number of thiol groups is 1. The van der Waals surface area contributed by atoms with Crippen molar-refractivity contribution in [3.05, 3.63) is 12.7 Å². The van der Waals surface area contributed by atoms with Gasteiger partial charge in [0, 0.05) is 13.6 Å². The van der Waals surface area contributed by atoms with Crippen molar-refractivity contribution in [3.8, 4) is 0 Å². The fraction of sp³-hybridized carbons (Fsp3) is 0.500. The summed E-state index contributed by atoms with van der Waals surface area (Å²) in [5, 5.41) is 0.